The van der Waals surface area contributed by atoms with E-state index in [1.807, 2.05) is 6.07 Å². The van der Waals surface area contributed by atoms with Gasteiger partial charge in [0, 0.05) is 13.0 Å². The number of amides is 1. The van der Waals surface area contributed by atoms with Gasteiger partial charge in [-0.1, -0.05) is 26.7 Å². The fourth-order valence-electron chi connectivity index (χ4n) is 2.08. The van der Waals surface area contributed by atoms with Crippen molar-refractivity contribution in [2.45, 2.75) is 52.4 Å². The summed E-state index contributed by atoms with van der Waals surface area (Å²) in [5.74, 6) is 1.22. The largest absolute Gasteiger partial charge is 0.456 e. The van der Waals surface area contributed by atoms with Crippen molar-refractivity contribution < 1.29 is 9.21 Å². The van der Waals surface area contributed by atoms with Crippen LogP contribution in [0, 0.1) is 0 Å². The van der Waals surface area contributed by atoms with Crippen molar-refractivity contribution in [2.24, 2.45) is 0 Å². The predicted octanol–water partition coefficient (Wildman–Crippen LogP) is 3.13. The van der Waals surface area contributed by atoms with Crippen molar-refractivity contribution in [3.8, 4) is 0 Å². The molecule has 0 aromatic carbocycles. The minimum atomic E-state index is -0.0972. The second kappa shape index (κ2) is 10.5. The number of aryl methyl sites for hydroxylation is 1. The van der Waals surface area contributed by atoms with E-state index in [0.29, 0.717) is 5.76 Å². The van der Waals surface area contributed by atoms with Gasteiger partial charge >= 0.3 is 0 Å². The summed E-state index contributed by atoms with van der Waals surface area (Å²) in [6.07, 6.45) is 6.52. The smallest absolute Gasteiger partial charge is 0.286 e. The van der Waals surface area contributed by atoms with Gasteiger partial charge in [0.15, 0.2) is 5.76 Å². The van der Waals surface area contributed by atoms with Gasteiger partial charge in [0.25, 0.3) is 5.91 Å². The summed E-state index contributed by atoms with van der Waals surface area (Å²) < 4.78 is 5.49. The third-order valence-corrected chi connectivity index (χ3v) is 3.20. The Labute approximate surface area is 122 Å². The van der Waals surface area contributed by atoms with E-state index < -0.39 is 0 Å². The maximum absolute atomic E-state index is 11.8. The summed E-state index contributed by atoms with van der Waals surface area (Å²) in [6, 6.07) is 3.65. The maximum Gasteiger partial charge on any atom is 0.286 e. The fraction of sp³-hybridized carbons (Fsp3) is 0.688. The van der Waals surface area contributed by atoms with E-state index in [1.165, 1.54) is 12.8 Å². The zero-order valence-electron chi connectivity index (χ0n) is 12.8. The van der Waals surface area contributed by atoms with Crippen molar-refractivity contribution in [3.63, 3.8) is 0 Å². The molecule has 0 atom stereocenters. The quantitative estimate of drug-likeness (QED) is 0.612. The normalized spacial score (nSPS) is 10.7. The molecule has 0 fully saturated rings. The SMILES string of the molecule is CCCc1ccc(C(=O)NCCCCCCNCC)o1. The minimum absolute atomic E-state index is 0.0972. The van der Waals surface area contributed by atoms with Crippen LogP contribution in [-0.2, 0) is 6.42 Å². The Kier molecular flexibility index (Phi) is 8.79. The Morgan fingerprint density at radius 3 is 2.55 bits per heavy atom. The van der Waals surface area contributed by atoms with Crippen molar-refractivity contribution in [3.05, 3.63) is 23.7 Å². The molecule has 2 N–H and O–H groups in total. The molecular weight excluding hydrogens is 252 g/mol. The van der Waals surface area contributed by atoms with E-state index in [4.69, 9.17) is 4.42 Å². The lowest BCUT2D eigenvalue weighted by molar-refractivity contribution is 0.0923. The zero-order valence-corrected chi connectivity index (χ0v) is 12.8. The van der Waals surface area contributed by atoms with Crippen LogP contribution in [0.1, 0.15) is 62.3 Å². The van der Waals surface area contributed by atoms with Gasteiger partial charge in [-0.3, -0.25) is 4.79 Å². The Balaban J connectivity index is 2.07. The summed E-state index contributed by atoms with van der Waals surface area (Å²) in [7, 11) is 0. The van der Waals surface area contributed by atoms with Crippen LogP contribution in [0.25, 0.3) is 0 Å². The molecule has 0 spiro atoms. The highest BCUT2D eigenvalue weighted by molar-refractivity contribution is 5.91. The number of furan rings is 1. The summed E-state index contributed by atoms with van der Waals surface area (Å²) >= 11 is 0. The first-order chi connectivity index (χ1) is 9.77. The van der Waals surface area contributed by atoms with Gasteiger partial charge in [0.2, 0.25) is 0 Å². The lowest BCUT2D eigenvalue weighted by Gasteiger charge is -2.04. The molecule has 0 radical (unpaired) electrons. The van der Waals surface area contributed by atoms with E-state index in [-0.39, 0.29) is 5.91 Å². The van der Waals surface area contributed by atoms with Crippen LogP contribution >= 0.6 is 0 Å². The molecule has 0 unspecified atom stereocenters. The average Bonchev–Trinajstić information content (AvgIpc) is 2.91. The third-order valence-electron chi connectivity index (χ3n) is 3.20. The van der Waals surface area contributed by atoms with Crippen LogP contribution in [0.15, 0.2) is 16.5 Å². The second-order valence-electron chi connectivity index (χ2n) is 5.04. The number of hydrogen-bond donors (Lipinski definition) is 2. The number of unbranched alkanes of at least 4 members (excludes halogenated alkanes) is 3. The fourth-order valence-corrected chi connectivity index (χ4v) is 2.08. The first-order valence-electron chi connectivity index (χ1n) is 7.85. The highest BCUT2D eigenvalue weighted by Crippen LogP contribution is 2.09. The van der Waals surface area contributed by atoms with Crippen LogP contribution in [-0.4, -0.2) is 25.5 Å². The van der Waals surface area contributed by atoms with E-state index in [0.717, 1.165) is 51.1 Å². The highest BCUT2D eigenvalue weighted by atomic mass is 16.3. The predicted molar refractivity (Wildman–Crippen MR) is 82.0 cm³/mol. The third kappa shape index (κ3) is 6.75. The second-order valence-corrected chi connectivity index (χ2v) is 5.04. The Morgan fingerprint density at radius 1 is 1.10 bits per heavy atom. The van der Waals surface area contributed by atoms with Gasteiger partial charge in [-0.05, 0) is 44.5 Å². The lowest BCUT2D eigenvalue weighted by atomic mass is 10.2. The van der Waals surface area contributed by atoms with Crippen molar-refractivity contribution in [1.29, 1.82) is 0 Å². The standard InChI is InChI=1S/C16H28N2O2/c1-3-9-14-10-11-15(20-14)16(19)18-13-8-6-5-7-12-17-4-2/h10-11,17H,3-9,12-13H2,1-2H3,(H,18,19). The minimum Gasteiger partial charge on any atom is -0.456 e. The number of carbonyl (C=O) groups is 1. The Bertz CT molecular complexity index is 374. The zero-order chi connectivity index (χ0) is 14.6. The van der Waals surface area contributed by atoms with Gasteiger partial charge < -0.3 is 15.1 Å². The van der Waals surface area contributed by atoms with Gasteiger partial charge in [-0.2, -0.15) is 0 Å². The molecule has 114 valence electrons. The Hall–Kier alpha value is -1.29. The van der Waals surface area contributed by atoms with E-state index in [9.17, 15) is 4.79 Å². The van der Waals surface area contributed by atoms with Crippen LogP contribution in [0.4, 0.5) is 0 Å². The van der Waals surface area contributed by atoms with E-state index >= 15 is 0 Å². The van der Waals surface area contributed by atoms with E-state index in [1.54, 1.807) is 6.07 Å². The van der Waals surface area contributed by atoms with Crippen LogP contribution in [0.5, 0.6) is 0 Å². The number of carbonyl (C=O) groups excluding carboxylic acids is 1. The lowest BCUT2D eigenvalue weighted by Crippen LogP contribution is -2.24. The molecule has 1 aromatic rings. The molecule has 4 heteroatoms. The number of rotatable bonds is 11. The van der Waals surface area contributed by atoms with E-state index in [2.05, 4.69) is 24.5 Å². The molecule has 1 amide bonds. The molecular formula is C16H28N2O2. The van der Waals surface area contributed by atoms with Gasteiger partial charge in [-0.15, -0.1) is 0 Å². The molecule has 0 saturated carbocycles. The molecule has 0 aliphatic carbocycles. The first-order valence-corrected chi connectivity index (χ1v) is 7.85. The van der Waals surface area contributed by atoms with Gasteiger partial charge in [0.1, 0.15) is 5.76 Å². The number of nitrogens with one attached hydrogen (secondary N) is 2. The molecule has 0 bridgehead atoms. The molecule has 20 heavy (non-hydrogen) atoms. The van der Waals surface area contributed by atoms with Crippen LogP contribution < -0.4 is 10.6 Å². The molecule has 4 nitrogen and oxygen atoms in total. The van der Waals surface area contributed by atoms with Crippen LogP contribution in [0.3, 0.4) is 0 Å². The van der Waals surface area contributed by atoms with Crippen molar-refractivity contribution in [2.75, 3.05) is 19.6 Å². The molecule has 0 aliphatic rings. The summed E-state index contributed by atoms with van der Waals surface area (Å²) in [4.78, 5) is 11.8. The topological polar surface area (TPSA) is 54.3 Å². The monoisotopic (exact) mass is 280 g/mol. The number of hydrogen-bond acceptors (Lipinski definition) is 3. The van der Waals surface area contributed by atoms with Crippen molar-refractivity contribution >= 4 is 5.91 Å². The molecule has 0 saturated heterocycles. The van der Waals surface area contributed by atoms with Crippen LogP contribution in [0.2, 0.25) is 0 Å². The summed E-state index contributed by atoms with van der Waals surface area (Å²) in [6.45, 7) is 7.08. The molecule has 0 aliphatic heterocycles. The molecule has 1 heterocycles. The molecule has 1 rings (SSSR count). The maximum atomic E-state index is 11.8. The molecule has 1 aromatic heterocycles. The summed E-state index contributed by atoms with van der Waals surface area (Å²) in [5.41, 5.74) is 0. The van der Waals surface area contributed by atoms with Gasteiger partial charge in [0.05, 0.1) is 0 Å². The first kappa shape index (κ1) is 16.8. The average molecular weight is 280 g/mol. The highest BCUT2D eigenvalue weighted by Gasteiger charge is 2.09. The van der Waals surface area contributed by atoms with Gasteiger partial charge in [-0.25, -0.2) is 0 Å². The summed E-state index contributed by atoms with van der Waals surface area (Å²) in [5, 5.41) is 6.22. The Morgan fingerprint density at radius 2 is 1.85 bits per heavy atom. The van der Waals surface area contributed by atoms with Crippen molar-refractivity contribution in [1.82, 2.24) is 10.6 Å².